The van der Waals surface area contributed by atoms with Gasteiger partial charge in [-0.3, -0.25) is 9.78 Å². The predicted molar refractivity (Wildman–Crippen MR) is 59.5 cm³/mol. The lowest BCUT2D eigenvalue weighted by atomic mass is 10.0. The summed E-state index contributed by atoms with van der Waals surface area (Å²) in [4.78, 5) is 16.0. The molecule has 3 nitrogen and oxygen atoms in total. The van der Waals surface area contributed by atoms with Gasteiger partial charge in [0.2, 0.25) is 6.41 Å². The van der Waals surface area contributed by atoms with E-state index in [0.29, 0.717) is 25.2 Å². The van der Waals surface area contributed by atoms with Gasteiger partial charge in [-0.25, -0.2) is 0 Å². The maximum atomic E-state index is 12.5. The molecule has 1 amide bonds. The van der Waals surface area contributed by atoms with Crippen LogP contribution >= 0.6 is 0 Å². The summed E-state index contributed by atoms with van der Waals surface area (Å²) in [7, 11) is 0. The van der Waals surface area contributed by atoms with Crippen LogP contribution in [0.2, 0.25) is 0 Å². The molecule has 18 heavy (non-hydrogen) atoms. The lowest BCUT2D eigenvalue weighted by Crippen LogP contribution is -2.27. The summed E-state index contributed by atoms with van der Waals surface area (Å²) in [5.74, 6) is 0. The van der Waals surface area contributed by atoms with E-state index < -0.39 is 11.7 Å². The Morgan fingerprint density at radius 3 is 2.72 bits per heavy atom. The largest absolute Gasteiger partial charge is 0.416 e. The lowest BCUT2D eigenvalue weighted by molar-refractivity contribution is -0.137. The first kappa shape index (κ1) is 12.6. The Morgan fingerprint density at radius 1 is 1.39 bits per heavy atom. The highest BCUT2D eigenvalue weighted by atomic mass is 19.4. The van der Waals surface area contributed by atoms with Crippen LogP contribution in [0, 0.1) is 0 Å². The van der Waals surface area contributed by atoms with Gasteiger partial charge in [-0.15, -0.1) is 0 Å². The topological polar surface area (TPSA) is 33.2 Å². The molecule has 0 N–H and O–H groups in total. The molecular formula is C12H11F3N2O. The number of hydrogen-bond donors (Lipinski definition) is 0. The Bertz CT molecular complexity index is 482. The third-order valence-corrected chi connectivity index (χ3v) is 2.81. The molecule has 0 saturated heterocycles. The molecule has 1 aliphatic rings. The molecule has 0 spiro atoms. The van der Waals surface area contributed by atoms with Crippen LogP contribution in [0.5, 0.6) is 0 Å². The van der Waals surface area contributed by atoms with Crippen molar-refractivity contribution in [2.45, 2.75) is 12.6 Å². The van der Waals surface area contributed by atoms with Gasteiger partial charge in [0, 0.05) is 19.3 Å². The Balaban J connectivity index is 2.25. The Labute approximate surface area is 102 Å². The van der Waals surface area contributed by atoms with Crippen LogP contribution in [-0.2, 0) is 11.0 Å². The van der Waals surface area contributed by atoms with E-state index in [4.69, 9.17) is 0 Å². The molecule has 0 atom stereocenters. The van der Waals surface area contributed by atoms with Crippen LogP contribution in [0.4, 0.5) is 13.2 Å². The number of halogens is 3. The summed E-state index contributed by atoms with van der Waals surface area (Å²) < 4.78 is 37.6. The number of nitrogens with zero attached hydrogens (tertiary/aromatic N) is 2. The Kier molecular flexibility index (Phi) is 3.36. The molecule has 0 fully saturated rings. The van der Waals surface area contributed by atoms with Crippen LogP contribution in [0.25, 0.3) is 5.57 Å². The SMILES string of the molecule is O=CN1CC=C(c2cc(C(F)(F)F)ccn2)CC1. The fraction of sp³-hybridized carbons (Fsp3) is 0.333. The molecule has 0 saturated carbocycles. The number of aromatic nitrogens is 1. The lowest BCUT2D eigenvalue weighted by Gasteiger charge is -2.22. The van der Waals surface area contributed by atoms with Gasteiger partial charge < -0.3 is 4.90 Å². The average Bonchev–Trinajstić information content (AvgIpc) is 2.38. The van der Waals surface area contributed by atoms with Gasteiger partial charge in [-0.05, 0) is 24.1 Å². The minimum atomic E-state index is -4.36. The van der Waals surface area contributed by atoms with Gasteiger partial charge in [0.05, 0.1) is 11.3 Å². The van der Waals surface area contributed by atoms with Crippen molar-refractivity contribution in [3.8, 4) is 0 Å². The molecule has 0 radical (unpaired) electrons. The van der Waals surface area contributed by atoms with Gasteiger partial charge >= 0.3 is 6.18 Å². The van der Waals surface area contributed by atoms with Crippen molar-refractivity contribution in [2.24, 2.45) is 0 Å². The van der Waals surface area contributed by atoms with Crippen molar-refractivity contribution < 1.29 is 18.0 Å². The van der Waals surface area contributed by atoms with E-state index in [1.165, 1.54) is 0 Å². The standard InChI is InChI=1S/C12H11F3N2O/c13-12(14,15)10-1-4-16-11(7-10)9-2-5-17(8-18)6-3-9/h1-2,4,7-8H,3,5-6H2. The maximum Gasteiger partial charge on any atom is 0.416 e. The summed E-state index contributed by atoms with van der Waals surface area (Å²) >= 11 is 0. The van der Waals surface area contributed by atoms with E-state index in [2.05, 4.69) is 4.98 Å². The highest BCUT2D eigenvalue weighted by Crippen LogP contribution is 2.31. The highest BCUT2D eigenvalue weighted by molar-refractivity contribution is 5.65. The van der Waals surface area contributed by atoms with E-state index in [1.54, 1.807) is 11.0 Å². The second-order valence-electron chi connectivity index (χ2n) is 4.01. The van der Waals surface area contributed by atoms with Crippen LogP contribution in [-0.4, -0.2) is 29.4 Å². The number of pyridine rings is 1. The van der Waals surface area contributed by atoms with Gasteiger partial charge in [0.1, 0.15) is 0 Å². The van der Waals surface area contributed by atoms with Crippen LogP contribution in [0.1, 0.15) is 17.7 Å². The van der Waals surface area contributed by atoms with Crippen LogP contribution in [0.3, 0.4) is 0 Å². The first-order valence-electron chi connectivity index (χ1n) is 5.42. The zero-order valence-corrected chi connectivity index (χ0v) is 9.44. The zero-order valence-electron chi connectivity index (χ0n) is 9.44. The van der Waals surface area contributed by atoms with Gasteiger partial charge in [0.15, 0.2) is 0 Å². The van der Waals surface area contributed by atoms with E-state index in [0.717, 1.165) is 30.3 Å². The highest BCUT2D eigenvalue weighted by Gasteiger charge is 2.31. The van der Waals surface area contributed by atoms with E-state index in [1.807, 2.05) is 0 Å². The van der Waals surface area contributed by atoms with Gasteiger partial charge in [-0.2, -0.15) is 13.2 Å². The summed E-state index contributed by atoms with van der Waals surface area (Å²) in [6, 6.07) is 1.99. The quantitative estimate of drug-likeness (QED) is 0.761. The summed E-state index contributed by atoms with van der Waals surface area (Å²) in [6.07, 6.45) is -0.215. The zero-order chi connectivity index (χ0) is 13.2. The molecule has 0 aliphatic carbocycles. The Hall–Kier alpha value is -1.85. The molecule has 0 bridgehead atoms. The molecule has 1 aromatic rings. The monoisotopic (exact) mass is 256 g/mol. The number of carbonyl (C=O) groups is 1. The first-order valence-corrected chi connectivity index (χ1v) is 5.42. The minimum Gasteiger partial charge on any atom is -0.341 e. The molecule has 0 aromatic carbocycles. The minimum absolute atomic E-state index is 0.329. The Morgan fingerprint density at radius 2 is 2.17 bits per heavy atom. The van der Waals surface area contributed by atoms with E-state index in [-0.39, 0.29) is 0 Å². The third kappa shape index (κ3) is 2.69. The molecule has 6 heteroatoms. The molecule has 1 aromatic heterocycles. The summed E-state index contributed by atoms with van der Waals surface area (Å²) in [5.41, 5.74) is 0.376. The molecule has 96 valence electrons. The van der Waals surface area contributed by atoms with Crippen molar-refractivity contribution in [1.29, 1.82) is 0 Å². The number of alkyl halides is 3. The molecule has 2 heterocycles. The smallest absolute Gasteiger partial charge is 0.341 e. The number of rotatable bonds is 2. The average molecular weight is 256 g/mol. The predicted octanol–water partition coefficient (Wildman–Crippen LogP) is 2.35. The molecule has 0 unspecified atom stereocenters. The van der Waals surface area contributed by atoms with Gasteiger partial charge in [0.25, 0.3) is 0 Å². The number of hydrogen-bond acceptors (Lipinski definition) is 2. The van der Waals surface area contributed by atoms with Crippen molar-refractivity contribution >= 4 is 12.0 Å². The molecular weight excluding hydrogens is 245 g/mol. The molecule has 1 aliphatic heterocycles. The van der Waals surface area contributed by atoms with E-state index in [9.17, 15) is 18.0 Å². The third-order valence-electron chi connectivity index (χ3n) is 2.81. The van der Waals surface area contributed by atoms with Crippen molar-refractivity contribution in [3.05, 3.63) is 35.7 Å². The van der Waals surface area contributed by atoms with Crippen LogP contribution < -0.4 is 0 Å². The maximum absolute atomic E-state index is 12.5. The summed E-state index contributed by atoms with van der Waals surface area (Å²) in [6.45, 7) is 0.921. The second kappa shape index (κ2) is 4.80. The normalized spacial score (nSPS) is 16.4. The fourth-order valence-corrected chi connectivity index (χ4v) is 1.80. The van der Waals surface area contributed by atoms with Crippen LogP contribution in [0.15, 0.2) is 24.4 Å². The fourth-order valence-electron chi connectivity index (χ4n) is 1.80. The first-order chi connectivity index (χ1) is 8.50. The van der Waals surface area contributed by atoms with Crippen molar-refractivity contribution in [2.75, 3.05) is 13.1 Å². The molecule has 2 rings (SSSR count). The second-order valence-corrected chi connectivity index (χ2v) is 4.01. The van der Waals surface area contributed by atoms with Crippen molar-refractivity contribution in [1.82, 2.24) is 9.88 Å². The number of carbonyl (C=O) groups excluding carboxylic acids is 1. The van der Waals surface area contributed by atoms with Crippen molar-refractivity contribution in [3.63, 3.8) is 0 Å². The number of amides is 1. The van der Waals surface area contributed by atoms with Gasteiger partial charge in [-0.1, -0.05) is 6.08 Å². The van der Waals surface area contributed by atoms with E-state index >= 15 is 0 Å². The summed E-state index contributed by atoms with van der Waals surface area (Å²) in [5, 5.41) is 0.